The third kappa shape index (κ3) is 4.40. The van der Waals surface area contributed by atoms with Crippen molar-refractivity contribution in [1.82, 2.24) is 4.90 Å². The molecule has 5 nitrogen and oxygen atoms in total. The zero-order valence-electron chi connectivity index (χ0n) is 11.9. The van der Waals surface area contributed by atoms with Gasteiger partial charge in [-0.25, -0.2) is 4.79 Å². The normalized spacial score (nSPS) is 17.9. The predicted octanol–water partition coefficient (Wildman–Crippen LogP) is 1.93. The number of likely N-dealkylation sites (tertiary alicyclic amines) is 1. The summed E-state index contributed by atoms with van der Waals surface area (Å²) >= 11 is 0. The maximum Gasteiger partial charge on any atom is 0.321 e. The zero-order valence-corrected chi connectivity index (χ0v) is 11.9. The molecule has 21 heavy (non-hydrogen) atoms. The highest BCUT2D eigenvalue weighted by Crippen LogP contribution is 2.20. The standard InChI is InChI=1S/C16H20N2O3/c1-2-9-21-15-7-3-6-14(10-15)17-16(20)18-8-4-5-13(11-18)12-19/h1,3,6-7,10,13,19H,4-5,8-9,11-12H2,(H,17,20). The molecule has 1 unspecified atom stereocenters. The van der Waals surface area contributed by atoms with Gasteiger partial charge in [-0.2, -0.15) is 0 Å². The Balaban J connectivity index is 1.94. The predicted molar refractivity (Wildman–Crippen MR) is 81.2 cm³/mol. The number of benzene rings is 1. The molecule has 112 valence electrons. The number of nitrogens with zero attached hydrogens (tertiary/aromatic N) is 1. The second-order valence-corrected chi connectivity index (χ2v) is 5.09. The van der Waals surface area contributed by atoms with Crippen molar-refractivity contribution in [3.8, 4) is 18.1 Å². The Morgan fingerprint density at radius 2 is 2.43 bits per heavy atom. The first kappa shape index (κ1) is 15.2. The average molecular weight is 288 g/mol. The number of amides is 2. The maximum atomic E-state index is 12.2. The van der Waals surface area contributed by atoms with E-state index in [4.69, 9.17) is 11.2 Å². The van der Waals surface area contributed by atoms with Crippen molar-refractivity contribution in [2.24, 2.45) is 5.92 Å². The first-order chi connectivity index (χ1) is 10.2. The van der Waals surface area contributed by atoms with Gasteiger partial charge >= 0.3 is 6.03 Å². The number of hydrogen-bond donors (Lipinski definition) is 2. The second-order valence-electron chi connectivity index (χ2n) is 5.09. The molecule has 2 amide bonds. The molecule has 0 saturated carbocycles. The minimum absolute atomic E-state index is 0.124. The van der Waals surface area contributed by atoms with Crippen molar-refractivity contribution in [2.45, 2.75) is 12.8 Å². The molecule has 1 atom stereocenters. The van der Waals surface area contributed by atoms with Crippen LogP contribution in [0.5, 0.6) is 5.75 Å². The van der Waals surface area contributed by atoms with Crippen LogP contribution in [0.15, 0.2) is 24.3 Å². The quantitative estimate of drug-likeness (QED) is 0.832. The van der Waals surface area contributed by atoms with Crippen LogP contribution in [-0.2, 0) is 0 Å². The highest BCUT2D eigenvalue weighted by Gasteiger charge is 2.23. The topological polar surface area (TPSA) is 61.8 Å². The Kier molecular flexibility index (Phi) is 5.47. The minimum Gasteiger partial charge on any atom is -0.481 e. The second kappa shape index (κ2) is 7.55. The van der Waals surface area contributed by atoms with Crippen LogP contribution in [-0.4, -0.2) is 42.3 Å². The van der Waals surface area contributed by atoms with Crippen LogP contribution < -0.4 is 10.1 Å². The van der Waals surface area contributed by atoms with Gasteiger partial charge in [0.05, 0.1) is 0 Å². The molecule has 1 heterocycles. The highest BCUT2D eigenvalue weighted by molar-refractivity contribution is 5.89. The maximum absolute atomic E-state index is 12.2. The Morgan fingerprint density at radius 1 is 1.57 bits per heavy atom. The zero-order chi connectivity index (χ0) is 15.1. The van der Waals surface area contributed by atoms with Gasteiger partial charge in [-0.15, -0.1) is 6.42 Å². The van der Waals surface area contributed by atoms with Crippen LogP contribution in [0.3, 0.4) is 0 Å². The summed E-state index contributed by atoms with van der Waals surface area (Å²) in [6.07, 6.45) is 7.04. The molecule has 2 N–H and O–H groups in total. The number of piperidine rings is 1. The monoisotopic (exact) mass is 288 g/mol. The van der Waals surface area contributed by atoms with Crippen molar-refractivity contribution >= 4 is 11.7 Å². The molecule has 1 saturated heterocycles. The molecule has 0 radical (unpaired) electrons. The average Bonchev–Trinajstić information content (AvgIpc) is 2.53. The van der Waals surface area contributed by atoms with Crippen LogP contribution in [0, 0.1) is 18.3 Å². The van der Waals surface area contributed by atoms with E-state index < -0.39 is 0 Å². The van der Waals surface area contributed by atoms with E-state index in [1.807, 2.05) is 0 Å². The lowest BCUT2D eigenvalue weighted by molar-refractivity contribution is 0.136. The van der Waals surface area contributed by atoms with Gasteiger partial charge in [0.25, 0.3) is 0 Å². The molecule has 0 aromatic heterocycles. The third-order valence-electron chi connectivity index (χ3n) is 3.47. The van der Waals surface area contributed by atoms with Gasteiger partial charge in [0.1, 0.15) is 12.4 Å². The number of carbonyl (C=O) groups is 1. The van der Waals surface area contributed by atoms with E-state index in [0.717, 1.165) is 19.4 Å². The number of rotatable bonds is 4. The molecule has 1 aromatic rings. The van der Waals surface area contributed by atoms with E-state index in [-0.39, 0.29) is 25.2 Å². The van der Waals surface area contributed by atoms with Crippen LogP contribution >= 0.6 is 0 Å². The number of anilines is 1. The Morgan fingerprint density at radius 3 is 3.19 bits per heavy atom. The molecular formula is C16H20N2O3. The van der Waals surface area contributed by atoms with Crippen LogP contribution in [0.2, 0.25) is 0 Å². The van der Waals surface area contributed by atoms with E-state index in [2.05, 4.69) is 11.2 Å². The number of urea groups is 1. The van der Waals surface area contributed by atoms with Crippen LogP contribution in [0.4, 0.5) is 10.5 Å². The molecule has 1 aliphatic rings. The molecule has 1 aliphatic heterocycles. The summed E-state index contributed by atoms with van der Waals surface area (Å²) in [6.45, 7) is 1.63. The Hall–Kier alpha value is -2.19. The summed E-state index contributed by atoms with van der Waals surface area (Å²) in [6, 6.07) is 6.97. The van der Waals surface area contributed by atoms with Gasteiger partial charge in [0, 0.05) is 31.5 Å². The molecule has 5 heteroatoms. The number of aliphatic hydroxyl groups is 1. The summed E-state index contributed by atoms with van der Waals surface area (Å²) in [5.74, 6) is 3.20. The van der Waals surface area contributed by atoms with Crippen molar-refractivity contribution in [2.75, 3.05) is 31.6 Å². The number of hydrogen-bond acceptors (Lipinski definition) is 3. The lowest BCUT2D eigenvalue weighted by Gasteiger charge is -2.31. The SMILES string of the molecule is C#CCOc1cccc(NC(=O)N2CCCC(CO)C2)c1. The molecule has 0 spiro atoms. The summed E-state index contributed by atoms with van der Waals surface area (Å²) in [4.78, 5) is 13.9. The summed E-state index contributed by atoms with van der Waals surface area (Å²) < 4.78 is 5.32. The van der Waals surface area contributed by atoms with Gasteiger partial charge in [0.15, 0.2) is 0 Å². The number of terminal acetylenes is 1. The van der Waals surface area contributed by atoms with Gasteiger partial charge in [-0.3, -0.25) is 0 Å². The van der Waals surface area contributed by atoms with Crippen molar-refractivity contribution < 1.29 is 14.6 Å². The molecule has 1 fully saturated rings. The van der Waals surface area contributed by atoms with Gasteiger partial charge < -0.3 is 20.1 Å². The fourth-order valence-electron chi connectivity index (χ4n) is 2.39. The van der Waals surface area contributed by atoms with Crippen molar-refractivity contribution in [1.29, 1.82) is 0 Å². The Bertz CT molecular complexity index is 524. The number of aliphatic hydroxyl groups excluding tert-OH is 1. The molecule has 1 aromatic carbocycles. The summed E-state index contributed by atoms with van der Waals surface area (Å²) in [7, 11) is 0. The van der Waals surface area contributed by atoms with E-state index >= 15 is 0 Å². The molecular weight excluding hydrogens is 268 g/mol. The minimum atomic E-state index is -0.151. The van der Waals surface area contributed by atoms with Crippen molar-refractivity contribution in [3.63, 3.8) is 0 Å². The highest BCUT2D eigenvalue weighted by atomic mass is 16.5. The summed E-state index contributed by atoms with van der Waals surface area (Å²) in [5.41, 5.74) is 0.667. The first-order valence-corrected chi connectivity index (χ1v) is 7.06. The van der Waals surface area contributed by atoms with Gasteiger partial charge in [-0.1, -0.05) is 12.0 Å². The molecule has 0 aliphatic carbocycles. The fourth-order valence-corrected chi connectivity index (χ4v) is 2.39. The van der Waals surface area contributed by atoms with E-state index in [9.17, 15) is 9.90 Å². The Labute approximate surface area is 124 Å². The number of nitrogens with one attached hydrogen (secondary N) is 1. The lowest BCUT2D eigenvalue weighted by atomic mass is 9.99. The number of ether oxygens (including phenoxy) is 1. The van der Waals surface area contributed by atoms with Gasteiger partial charge in [-0.05, 0) is 30.9 Å². The molecule has 0 bridgehead atoms. The van der Waals surface area contributed by atoms with E-state index in [0.29, 0.717) is 18.0 Å². The largest absolute Gasteiger partial charge is 0.481 e. The smallest absolute Gasteiger partial charge is 0.321 e. The van der Waals surface area contributed by atoms with E-state index in [1.165, 1.54) is 0 Å². The fraction of sp³-hybridized carbons (Fsp3) is 0.438. The number of carbonyl (C=O) groups excluding carboxylic acids is 1. The molecule has 2 rings (SSSR count). The lowest BCUT2D eigenvalue weighted by Crippen LogP contribution is -2.43. The first-order valence-electron chi connectivity index (χ1n) is 7.06. The van der Waals surface area contributed by atoms with Crippen LogP contribution in [0.1, 0.15) is 12.8 Å². The third-order valence-corrected chi connectivity index (χ3v) is 3.47. The van der Waals surface area contributed by atoms with Gasteiger partial charge in [0.2, 0.25) is 0 Å². The van der Waals surface area contributed by atoms with Crippen LogP contribution in [0.25, 0.3) is 0 Å². The van der Waals surface area contributed by atoms with Crippen molar-refractivity contribution in [3.05, 3.63) is 24.3 Å². The van der Waals surface area contributed by atoms with E-state index in [1.54, 1.807) is 29.2 Å². The summed E-state index contributed by atoms with van der Waals surface area (Å²) in [5, 5.41) is 12.1.